The zero-order chi connectivity index (χ0) is 14.9. The molecule has 1 aliphatic heterocycles. The predicted molar refractivity (Wildman–Crippen MR) is 68.4 cm³/mol. The van der Waals surface area contributed by atoms with Crippen molar-refractivity contribution in [3.63, 3.8) is 0 Å². The molecule has 0 amide bonds. The molecule has 0 aromatic carbocycles. The number of aromatic nitrogens is 3. The summed E-state index contributed by atoms with van der Waals surface area (Å²) < 4.78 is 42.2. The number of piperidine rings is 1. The number of pyridine rings is 1. The molecule has 0 saturated carbocycles. The number of hydrogen-bond acceptors (Lipinski definition) is 4. The van der Waals surface area contributed by atoms with Crippen molar-refractivity contribution >= 4 is 5.65 Å². The summed E-state index contributed by atoms with van der Waals surface area (Å²) in [6, 6.07) is 3.88. The molecule has 3 heterocycles. The Balaban J connectivity index is 1.55. The standard InChI is InChI=1S/C13H15F3N4O/c14-13(15,16)21-11-2-4-19(5-3-11)8-10-1-6-20-12(7-10)17-9-18-20/h1,6-7,9,11H,2-5,8H2. The molecule has 0 N–H and O–H groups in total. The molecule has 1 fully saturated rings. The normalized spacial score (nSPS) is 18.4. The lowest BCUT2D eigenvalue weighted by molar-refractivity contribution is -0.345. The summed E-state index contributed by atoms with van der Waals surface area (Å²) in [5.41, 5.74) is 1.84. The van der Waals surface area contributed by atoms with Crippen molar-refractivity contribution < 1.29 is 17.9 Å². The van der Waals surface area contributed by atoms with Gasteiger partial charge in [-0.2, -0.15) is 5.10 Å². The number of fused-ring (bicyclic) bond motifs is 1. The summed E-state index contributed by atoms with van der Waals surface area (Å²) in [6.45, 7) is 1.89. The number of halogens is 3. The Morgan fingerprint density at radius 2 is 2.05 bits per heavy atom. The summed E-state index contributed by atoms with van der Waals surface area (Å²) in [7, 11) is 0. The van der Waals surface area contributed by atoms with Crippen LogP contribution in [0.5, 0.6) is 0 Å². The number of ether oxygens (including phenoxy) is 1. The van der Waals surface area contributed by atoms with E-state index in [1.165, 1.54) is 6.33 Å². The molecule has 5 nitrogen and oxygen atoms in total. The van der Waals surface area contributed by atoms with Gasteiger partial charge in [-0.15, -0.1) is 13.2 Å². The van der Waals surface area contributed by atoms with Gasteiger partial charge in [0.05, 0.1) is 6.10 Å². The Morgan fingerprint density at radius 1 is 1.29 bits per heavy atom. The Morgan fingerprint density at radius 3 is 2.76 bits per heavy atom. The molecule has 2 aromatic heterocycles. The fourth-order valence-corrected chi connectivity index (χ4v) is 2.59. The molecule has 1 saturated heterocycles. The summed E-state index contributed by atoms with van der Waals surface area (Å²) >= 11 is 0. The molecule has 8 heteroatoms. The third kappa shape index (κ3) is 3.70. The first-order valence-electron chi connectivity index (χ1n) is 6.75. The van der Waals surface area contributed by atoms with Crippen LogP contribution in [-0.2, 0) is 11.3 Å². The number of alkyl halides is 3. The first-order chi connectivity index (χ1) is 9.99. The molecule has 0 spiro atoms. The van der Waals surface area contributed by atoms with E-state index < -0.39 is 12.5 Å². The van der Waals surface area contributed by atoms with Crippen molar-refractivity contribution in [2.45, 2.75) is 31.9 Å². The smallest absolute Gasteiger partial charge is 0.299 e. The zero-order valence-electron chi connectivity index (χ0n) is 11.3. The highest BCUT2D eigenvalue weighted by atomic mass is 19.4. The predicted octanol–water partition coefficient (Wildman–Crippen LogP) is 2.23. The van der Waals surface area contributed by atoms with E-state index >= 15 is 0 Å². The van der Waals surface area contributed by atoms with Gasteiger partial charge in [0.2, 0.25) is 0 Å². The number of likely N-dealkylation sites (tertiary alicyclic amines) is 1. The molecular weight excluding hydrogens is 285 g/mol. The molecule has 0 bridgehead atoms. The van der Waals surface area contributed by atoms with Crippen LogP contribution in [0.1, 0.15) is 18.4 Å². The lowest BCUT2D eigenvalue weighted by Gasteiger charge is -2.32. The fourth-order valence-electron chi connectivity index (χ4n) is 2.59. The van der Waals surface area contributed by atoms with Gasteiger partial charge >= 0.3 is 6.36 Å². The van der Waals surface area contributed by atoms with E-state index in [4.69, 9.17) is 0 Å². The first kappa shape index (κ1) is 14.3. The fraction of sp³-hybridized carbons (Fsp3) is 0.538. The first-order valence-corrected chi connectivity index (χ1v) is 6.75. The quantitative estimate of drug-likeness (QED) is 0.872. The van der Waals surface area contributed by atoms with Crippen LogP contribution in [-0.4, -0.2) is 45.1 Å². The lowest BCUT2D eigenvalue weighted by atomic mass is 10.1. The van der Waals surface area contributed by atoms with E-state index in [0.29, 0.717) is 32.5 Å². The minimum absolute atomic E-state index is 0.396. The molecule has 0 radical (unpaired) electrons. The van der Waals surface area contributed by atoms with Gasteiger partial charge in [-0.05, 0) is 30.5 Å². The second-order valence-electron chi connectivity index (χ2n) is 5.14. The van der Waals surface area contributed by atoms with Crippen molar-refractivity contribution in [2.75, 3.05) is 13.1 Å². The molecule has 21 heavy (non-hydrogen) atoms. The summed E-state index contributed by atoms with van der Waals surface area (Å²) in [4.78, 5) is 6.24. The second-order valence-corrected chi connectivity index (χ2v) is 5.14. The summed E-state index contributed by atoms with van der Waals surface area (Å²) in [5, 5.41) is 4.02. The third-order valence-electron chi connectivity index (χ3n) is 3.59. The van der Waals surface area contributed by atoms with E-state index in [2.05, 4.69) is 19.7 Å². The average molecular weight is 300 g/mol. The minimum atomic E-state index is -4.54. The average Bonchev–Trinajstić information content (AvgIpc) is 2.87. The summed E-state index contributed by atoms with van der Waals surface area (Å²) in [5.74, 6) is 0. The van der Waals surface area contributed by atoms with Crippen LogP contribution in [0.25, 0.3) is 5.65 Å². The maximum absolute atomic E-state index is 12.2. The van der Waals surface area contributed by atoms with Crippen LogP contribution >= 0.6 is 0 Å². The lowest BCUT2D eigenvalue weighted by Crippen LogP contribution is -2.38. The van der Waals surface area contributed by atoms with Gasteiger partial charge in [0, 0.05) is 25.8 Å². The molecule has 1 aliphatic rings. The van der Waals surface area contributed by atoms with Crippen LogP contribution < -0.4 is 0 Å². The highest BCUT2D eigenvalue weighted by Gasteiger charge is 2.34. The molecule has 0 atom stereocenters. The van der Waals surface area contributed by atoms with Gasteiger partial charge < -0.3 is 0 Å². The van der Waals surface area contributed by atoms with E-state index in [-0.39, 0.29) is 0 Å². The van der Waals surface area contributed by atoms with Gasteiger partial charge in [0.25, 0.3) is 0 Å². The van der Waals surface area contributed by atoms with Crippen molar-refractivity contribution in [1.29, 1.82) is 0 Å². The number of nitrogens with zero attached hydrogens (tertiary/aromatic N) is 4. The molecular formula is C13H15F3N4O. The van der Waals surface area contributed by atoms with Crippen LogP contribution in [0.4, 0.5) is 13.2 Å². The zero-order valence-corrected chi connectivity index (χ0v) is 11.3. The van der Waals surface area contributed by atoms with Gasteiger partial charge in [-0.3, -0.25) is 9.64 Å². The maximum Gasteiger partial charge on any atom is 0.522 e. The third-order valence-corrected chi connectivity index (χ3v) is 3.59. The Kier molecular flexibility index (Phi) is 3.81. The van der Waals surface area contributed by atoms with Crippen LogP contribution in [0.3, 0.4) is 0 Å². The van der Waals surface area contributed by atoms with Crippen LogP contribution in [0.15, 0.2) is 24.7 Å². The topological polar surface area (TPSA) is 42.7 Å². The Hall–Kier alpha value is -1.67. The second kappa shape index (κ2) is 5.61. The molecule has 3 rings (SSSR count). The molecule has 114 valence electrons. The van der Waals surface area contributed by atoms with Gasteiger partial charge in [0.1, 0.15) is 6.33 Å². The Bertz CT molecular complexity index is 605. The van der Waals surface area contributed by atoms with E-state index in [0.717, 1.165) is 11.2 Å². The van der Waals surface area contributed by atoms with Crippen LogP contribution in [0.2, 0.25) is 0 Å². The largest absolute Gasteiger partial charge is 0.522 e. The monoisotopic (exact) mass is 300 g/mol. The number of rotatable bonds is 3. The Labute approximate surface area is 119 Å². The highest BCUT2D eigenvalue weighted by Crippen LogP contribution is 2.25. The summed E-state index contributed by atoms with van der Waals surface area (Å²) in [6.07, 6.45) is -1.15. The molecule has 2 aromatic rings. The highest BCUT2D eigenvalue weighted by molar-refractivity contribution is 5.39. The van der Waals surface area contributed by atoms with Crippen molar-refractivity contribution in [1.82, 2.24) is 19.5 Å². The minimum Gasteiger partial charge on any atom is -0.299 e. The van der Waals surface area contributed by atoms with E-state index in [1.54, 1.807) is 4.52 Å². The maximum atomic E-state index is 12.2. The van der Waals surface area contributed by atoms with Crippen molar-refractivity contribution in [3.05, 3.63) is 30.2 Å². The molecule has 0 unspecified atom stereocenters. The van der Waals surface area contributed by atoms with Crippen LogP contribution in [0, 0.1) is 0 Å². The van der Waals surface area contributed by atoms with E-state index in [9.17, 15) is 13.2 Å². The van der Waals surface area contributed by atoms with Gasteiger partial charge in [-0.25, -0.2) is 9.50 Å². The number of hydrogen-bond donors (Lipinski definition) is 0. The molecule has 0 aliphatic carbocycles. The van der Waals surface area contributed by atoms with Crippen molar-refractivity contribution in [3.8, 4) is 0 Å². The van der Waals surface area contributed by atoms with Crippen molar-refractivity contribution in [2.24, 2.45) is 0 Å². The SMILES string of the molecule is FC(F)(F)OC1CCN(Cc2ccn3ncnc3c2)CC1. The van der Waals surface area contributed by atoms with E-state index in [1.807, 2.05) is 18.3 Å². The van der Waals surface area contributed by atoms with Gasteiger partial charge in [-0.1, -0.05) is 0 Å². The van der Waals surface area contributed by atoms with Gasteiger partial charge in [0.15, 0.2) is 5.65 Å².